The Kier molecular flexibility index (Phi) is 5.53. The molecule has 1 saturated heterocycles. The first-order valence-corrected chi connectivity index (χ1v) is 9.06. The van der Waals surface area contributed by atoms with Gasteiger partial charge in [-0.1, -0.05) is 29.8 Å². The van der Waals surface area contributed by atoms with Gasteiger partial charge in [0.05, 0.1) is 4.91 Å². The lowest BCUT2D eigenvalue weighted by Crippen LogP contribution is -2.33. The molecule has 3 rings (SSSR count). The zero-order chi connectivity index (χ0) is 18.7. The molecular formula is C17H16ClN5O2S. The molecule has 0 spiro atoms. The summed E-state index contributed by atoms with van der Waals surface area (Å²) in [5, 5.41) is 2.74. The molecule has 0 atom stereocenters. The minimum atomic E-state index is -0.299. The van der Waals surface area contributed by atoms with Crippen LogP contribution in [0.15, 0.2) is 29.2 Å². The molecule has 0 aliphatic carbocycles. The number of carbonyl (C=O) groups excluding carboxylic acids is 2. The van der Waals surface area contributed by atoms with Crippen LogP contribution in [-0.4, -0.2) is 44.1 Å². The SMILES string of the molecule is Cc1ccc(/C=C2\SC(=O)N(CCNc3nc(C)nc(Cl)n3)C2=O)cc1. The molecule has 1 aliphatic heterocycles. The van der Waals surface area contributed by atoms with Crippen LogP contribution in [0.25, 0.3) is 6.08 Å². The highest BCUT2D eigenvalue weighted by Gasteiger charge is 2.34. The Labute approximate surface area is 159 Å². The molecule has 2 amide bonds. The highest BCUT2D eigenvalue weighted by atomic mass is 35.5. The van der Waals surface area contributed by atoms with Crippen LogP contribution in [0.2, 0.25) is 5.28 Å². The number of thioether (sulfide) groups is 1. The average Bonchev–Trinajstić information content (AvgIpc) is 2.83. The summed E-state index contributed by atoms with van der Waals surface area (Å²) in [4.78, 5) is 38.1. The summed E-state index contributed by atoms with van der Waals surface area (Å²) in [7, 11) is 0. The molecule has 9 heteroatoms. The van der Waals surface area contributed by atoms with Crippen LogP contribution < -0.4 is 5.32 Å². The van der Waals surface area contributed by atoms with Crippen LogP contribution in [0, 0.1) is 13.8 Å². The van der Waals surface area contributed by atoms with E-state index in [-0.39, 0.29) is 23.0 Å². The zero-order valence-corrected chi connectivity index (χ0v) is 15.8. The molecule has 1 aliphatic rings. The van der Waals surface area contributed by atoms with E-state index in [9.17, 15) is 9.59 Å². The Morgan fingerprint density at radius 1 is 1.15 bits per heavy atom. The molecule has 0 bridgehead atoms. The minimum Gasteiger partial charge on any atom is -0.352 e. The number of amides is 2. The van der Waals surface area contributed by atoms with Crippen LogP contribution in [0.5, 0.6) is 0 Å². The van der Waals surface area contributed by atoms with Crippen molar-refractivity contribution < 1.29 is 9.59 Å². The van der Waals surface area contributed by atoms with E-state index in [0.29, 0.717) is 23.2 Å². The third kappa shape index (κ3) is 4.39. The number of imide groups is 1. The van der Waals surface area contributed by atoms with Crippen molar-refractivity contribution in [2.24, 2.45) is 0 Å². The molecular weight excluding hydrogens is 374 g/mol. The normalized spacial score (nSPS) is 15.8. The number of hydrogen-bond donors (Lipinski definition) is 1. The maximum absolute atomic E-state index is 12.5. The van der Waals surface area contributed by atoms with Gasteiger partial charge in [-0.25, -0.2) is 4.98 Å². The number of halogens is 1. The second-order valence-electron chi connectivity index (χ2n) is 5.65. The van der Waals surface area contributed by atoms with E-state index >= 15 is 0 Å². The highest BCUT2D eigenvalue weighted by Crippen LogP contribution is 2.31. The maximum Gasteiger partial charge on any atom is 0.293 e. The van der Waals surface area contributed by atoms with Gasteiger partial charge in [0, 0.05) is 13.1 Å². The van der Waals surface area contributed by atoms with Crippen molar-refractivity contribution >= 4 is 46.5 Å². The summed E-state index contributed by atoms with van der Waals surface area (Å²) in [5.41, 5.74) is 2.02. The first-order chi connectivity index (χ1) is 12.4. The number of hydrogen-bond acceptors (Lipinski definition) is 7. The van der Waals surface area contributed by atoms with Crippen molar-refractivity contribution in [3.8, 4) is 0 Å². The molecule has 2 aromatic rings. The van der Waals surface area contributed by atoms with E-state index in [4.69, 9.17) is 11.6 Å². The Hall–Kier alpha value is -2.45. The molecule has 1 aromatic heterocycles. The van der Waals surface area contributed by atoms with Gasteiger partial charge < -0.3 is 5.32 Å². The number of carbonyl (C=O) groups is 2. The van der Waals surface area contributed by atoms with Crippen LogP contribution in [0.1, 0.15) is 17.0 Å². The lowest BCUT2D eigenvalue weighted by atomic mass is 10.1. The standard InChI is InChI=1S/C17H16ClN5O2S/c1-10-3-5-12(6-4-10)9-13-14(24)23(17(25)26-13)8-7-19-16-21-11(2)20-15(18)22-16/h3-6,9H,7-8H2,1-2H3,(H,19,20,21,22)/b13-9-. The Morgan fingerprint density at radius 3 is 2.58 bits per heavy atom. The molecule has 1 aromatic carbocycles. The van der Waals surface area contributed by atoms with Crippen LogP contribution in [-0.2, 0) is 4.79 Å². The average molecular weight is 390 g/mol. The van der Waals surface area contributed by atoms with Gasteiger partial charge in [-0.05, 0) is 48.8 Å². The van der Waals surface area contributed by atoms with Gasteiger partial charge in [0.15, 0.2) is 0 Å². The number of anilines is 1. The van der Waals surface area contributed by atoms with Gasteiger partial charge in [-0.2, -0.15) is 9.97 Å². The molecule has 0 saturated carbocycles. The zero-order valence-electron chi connectivity index (χ0n) is 14.2. The van der Waals surface area contributed by atoms with Crippen LogP contribution >= 0.6 is 23.4 Å². The fourth-order valence-corrected chi connectivity index (χ4v) is 3.38. The van der Waals surface area contributed by atoms with E-state index in [1.165, 1.54) is 4.90 Å². The van der Waals surface area contributed by atoms with Crippen molar-refractivity contribution in [2.75, 3.05) is 18.4 Å². The summed E-state index contributed by atoms with van der Waals surface area (Å²) >= 11 is 6.72. The number of nitrogens with zero attached hydrogens (tertiary/aromatic N) is 4. The number of rotatable bonds is 5. The fourth-order valence-electron chi connectivity index (χ4n) is 2.31. The van der Waals surface area contributed by atoms with E-state index < -0.39 is 0 Å². The van der Waals surface area contributed by atoms with E-state index in [1.54, 1.807) is 13.0 Å². The summed E-state index contributed by atoms with van der Waals surface area (Å²) in [5.74, 6) is 0.497. The number of aromatic nitrogens is 3. The fraction of sp³-hybridized carbons (Fsp3) is 0.235. The van der Waals surface area contributed by atoms with E-state index in [1.807, 2.05) is 31.2 Å². The smallest absolute Gasteiger partial charge is 0.293 e. The monoisotopic (exact) mass is 389 g/mol. The predicted octanol–water partition coefficient (Wildman–Crippen LogP) is 3.29. The lowest BCUT2D eigenvalue weighted by Gasteiger charge is -2.13. The second kappa shape index (κ2) is 7.84. The van der Waals surface area contributed by atoms with Gasteiger partial charge in [-0.15, -0.1) is 0 Å². The maximum atomic E-state index is 12.5. The van der Waals surface area contributed by atoms with Crippen molar-refractivity contribution in [2.45, 2.75) is 13.8 Å². The van der Waals surface area contributed by atoms with Gasteiger partial charge in [0.2, 0.25) is 11.2 Å². The third-order valence-corrected chi connectivity index (χ3v) is 4.66. The Balaban J connectivity index is 1.63. The van der Waals surface area contributed by atoms with Crippen molar-refractivity contribution in [1.82, 2.24) is 19.9 Å². The predicted molar refractivity (Wildman–Crippen MR) is 102 cm³/mol. The second-order valence-corrected chi connectivity index (χ2v) is 6.98. The molecule has 134 valence electrons. The van der Waals surface area contributed by atoms with Crippen molar-refractivity contribution in [1.29, 1.82) is 0 Å². The molecule has 1 N–H and O–H groups in total. The topological polar surface area (TPSA) is 88.1 Å². The summed E-state index contributed by atoms with van der Waals surface area (Å²) in [6.45, 7) is 4.21. The lowest BCUT2D eigenvalue weighted by molar-refractivity contribution is -0.122. The number of benzene rings is 1. The quantitative estimate of drug-likeness (QED) is 0.785. The number of aryl methyl sites for hydroxylation is 2. The van der Waals surface area contributed by atoms with Crippen LogP contribution in [0.4, 0.5) is 10.7 Å². The number of nitrogens with one attached hydrogen (secondary N) is 1. The molecule has 7 nitrogen and oxygen atoms in total. The van der Waals surface area contributed by atoms with Gasteiger partial charge in [0.25, 0.3) is 11.1 Å². The van der Waals surface area contributed by atoms with Crippen molar-refractivity contribution in [3.05, 3.63) is 51.4 Å². The third-order valence-electron chi connectivity index (χ3n) is 3.59. The van der Waals surface area contributed by atoms with Crippen molar-refractivity contribution in [3.63, 3.8) is 0 Å². The van der Waals surface area contributed by atoms with E-state index in [0.717, 1.165) is 22.9 Å². The van der Waals surface area contributed by atoms with Gasteiger partial charge >= 0.3 is 0 Å². The Bertz CT molecular complexity index is 865. The van der Waals surface area contributed by atoms with Crippen LogP contribution in [0.3, 0.4) is 0 Å². The summed E-state index contributed by atoms with van der Waals surface area (Å²) in [6, 6.07) is 7.75. The van der Waals surface area contributed by atoms with Gasteiger partial charge in [0.1, 0.15) is 5.82 Å². The largest absolute Gasteiger partial charge is 0.352 e. The highest BCUT2D eigenvalue weighted by molar-refractivity contribution is 8.18. The minimum absolute atomic E-state index is 0.0900. The first-order valence-electron chi connectivity index (χ1n) is 7.86. The molecule has 0 radical (unpaired) electrons. The summed E-state index contributed by atoms with van der Waals surface area (Å²) in [6.07, 6.45) is 1.73. The Morgan fingerprint density at radius 2 is 1.88 bits per heavy atom. The molecule has 1 fully saturated rings. The first kappa shape index (κ1) is 18.3. The molecule has 2 heterocycles. The molecule has 0 unspecified atom stereocenters. The summed E-state index contributed by atoms with van der Waals surface area (Å²) < 4.78 is 0. The molecule has 26 heavy (non-hydrogen) atoms. The van der Waals surface area contributed by atoms with Gasteiger partial charge in [-0.3, -0.25) is 14.5 Å². The van der Waals surface area contributed by atoms with E-state index in [2.05, 4.69) is 20.3 Å².